The van der Waals surface area contributed by atoms with Gasteiger partial charge in [-0.2, -0.15) is 0 Å². The van der Waals surface area contributed by atoms with Gasteiger partial charge < -0.3 is 0 Å². The van der Waals surface area contributed by atoms with Crippen LogP contribution in [0.3, 0.4) is 0 Å². The predicted molar refractivity (Wildman–Crippen MR) is 98.4 cm³/mol. The first kappa shape index (κ1) is 20.0. The number of aryl methyl sites for hydroxylation is 1. The molecule has 22 heavy (non-hydrogen) atoms. The van der Waals surface area contributed by atoms with E-state index in [9.17, 15) is 5.11 Å². The van der Waals surface area contributed by atoms with E-state index in [1.165, 1.54) is 51.8 Å². The average Bonchev–Trinajstić information content (AvgIpc) is 2.90. The molecule has 0 saturated heterocycles. The SMILES string of the molecule is CCC[CH2][Sn]([CH2]CCC)([CH2]CCC)[c]1cc(C(C)O)nn1C. The summed E-state index contributed by atoms with van der Waals surface area (Å²) >= 11 is -2.41. The molecule has 3 nitrogen and oxygen atoms in total. The van der Waals surface area contributed by atoms with Gasteiger partial charge in [0.1, 0.15) is 0 Å². The summed E-state index contributed by atoms with van der Waals surface area (Å²) in [5.74, 6) is 0. The van der Waals surface area contributed by atoms with Crippen LogP contribution >= 0.6 is 0 Å². The van der Waals surface area contributed by atoms with Gasteiger partial charge in [0.2, 0.25) is 0 Å². The Hall–Kier alpha value is -0.0313. The van der Waals surface area contributed by atoms with E-state index in [4.69, 9.17) is 0 Å². The van der Waals surface area contributed by atoms with Crippen LogP contribution in [-0.4, -0.2) is 33.3 Å². The summed E-state index contributed by atoms with van der Waals surface area (Å²) in [5.41, 5.74) is 0.864. The number of hydrogen-bond acceptors (Lipinski definition) is 2. The van der Waals surface area contributed by atoms with Crippen LogP contribution in [0.15, 0.2) is 6.07 Å². The predicted octanol–water partition coefficient (Wildman–Crippen LogP) is 4.53. The molecule has 0 amide bonds. The van der Waals surface area contributed by atoms with E-state index in [1.807, 2.05) is 6.92 Å². The van der Waals surface area contributed by atoms with E-state index in [0.717, 1.165) is 5.69 Å². The Balaban J connectivity index is 3.18. The molecular formula is C18H36N2OSn. The van der Waals surface area contributed by atoms with Crippen molar-refractivity contribution in [2.75, 3.05) is 0 Å². The van der Waals surface area contributed by atoms with E-state index < -0.39 is 24.5 Å². The van der Waals surface area contributed by atoms with Crippen LogP contribution in [0.25, 0.3) is 0 Å². The Morgan fingerprint density at radius 1 is 1.05 bits per heavy atom. The average molecular weight is 415 g/mol. The van der Waals surface area contributed by atoms with Gasteiger partial charge in [0.15, 0.2) is 0 Å². The molecule has 128 valence electrons. The van der Waals surface area contributed by atoms with Gasteiger partial charge in [-0.15, -0.1) is 0 Å². The molecule has 0 aliphatic heterocycles. The van der Waals surface area contributed by atoms with Gasteiger partial charge in [0, 0.05) is 0 Å². The monoisotopic (exact) mass is 416 g/mol. The molecule has 0 bridgehead atoms. The number of nitrogens with zero attached hydrogens (tertiary/aromatic N) is 2. The van der Waals surface area contributed by atoms with E-state index >= 15 is 0 Å². The van der Waals surface area contributed by atoms with Crippen molar-refractivity contribution < 1.29 is 5.11 Å². The molecule has 1 N–H and O–H groups in total. The van der Waals surface area contributed by atoms with Gasteiger partial charge in [-0.1, -0.05) is 0 Å². The number of aliphatic hydroxyl groups is 1. The van der Waals surface area contributed by atoms with Crippen LogP contribution in [-0.2, 0) is 7.05 Å². The molecular weight excluding hydrogens is 379 g/mol. The minimum absolute atomic E-state index is 0.451. The van der Waals surface area contributed by atoms with Gasteiger partial charge >= 0.3 is 141 Å². The Labute approximate surface area is 141 Å². The minimum atomic E-state index is -2.41. The van der Waals surface area contributed by atoms with Crippen LogP contribution in [0.2, 0.25) is 13.3 Å². The van der Waals surface area contributed by atoms with Crippen molar-refractivity contribution in [1.82, 2.24) is 9.78 Å². The van der Waals surface area contributed by atoms with Gasteiger partial charge in [0.05, 0.1) is 0 Å². The second-order valence-corrected chi connectivity index (χ2v) is 19.9. The fraction of sp³-hybridized carbons (Fsp3) is 0.833. The topological polar surface area (TPSA) is 38.1 Å². The quantitative estimate of drug-likeness (QED) is 0.540. The number of hydrogen-bond donors (Lipinski definition) is 1. The van der Waals surface area contributed by atoms with E-state index in [2.05, 4.69) is 43.7 Å². The van der Waals surface area contributed by atoms with Gasteiger partial charge in [-0.05, 0) is 0 Å². The Kier molecular flexibility index (Phi) is 9.06. The molecule has 1 aromatic rings. The first-order valence-electron chi connectivity index (χ1n) is 9.23. The van der Waals surface area contributed by atoms with Crippen LogP contribution in [0.4, 0.5) is 0 Å². The van der Waals surface area contributed by atoms with E-state index in [1.54, 1.807) is 3.71 Å². The Bertz CT molecular complexity index is 407. The van der Waals surface area contributed by atoms with Crippen molar-refractivity contribution in [3.8, 4) is 0 Å². The third-order valence-corrected chi connectivity index (χ3v) is 20.6. The molecule has 0 aromatic carbocycles. The maximum absolute atomic E-state index is 9.90. The molecule has 0 spiro atoms. The summed E-state index contributed by atoms with van der Waals surface area (Å²) in [7, 11) is 2.09. The van der Waals surface area contributed by atoms with Crippen LogP contribution in [0, 0.1) is 0 Å². The summed E-state index contributed by atoms with van der Waals surface area (Å²) in [4.78, 5) is 0. The van der Waals surface area contributed by atoms with Crippen molar-refractivity contribution in [1.29, 1.82) is 0 Å². The van der Waals surface area contributed by atoms with Gasteiger partial charge in [-0.25, -0.2) is 0 Å². The summed E-state index contributed by atoms with van der Waals surface area (Å²) in [6, 6.07) is 2.25. The van der Waals surface area contributed by atoms with Gasteiger partial charge in [-0.3, -0.25) is 0 Å². The van der Waals surface area contributed by atoms with Gasteiger partial charge in [0.25, 0.3) is 0 Å². The summed E-state index contributed by atoms with van der Waals surface area (Å²) in [5, 5.41) is 14.5. The first-order chi connectivity index (χ1) is 10.5. The van der Waals surface area contributed by atoms with Crippen molar-refractivity contribution >= 4 is 22.1 Å². The van der Waals surface area contributed by atoms with Crippen molar-refractivity contribution in [2.45, 2.75) is 85.6 Å². The molecule has 0 aliphatic rings. The molecule has 0 saturated carbocycles. The number of rotatable bonds is 11. The molecule has 0 radical (unpaired) electrons. The fourth-order valence-corrected chi connectivity index (χ4v) is 20.0. The van der Waals surface area contributed by atoms with Crippen molar-refractivity contribution in [3.05, 3.63) is 11.8 Å². The number of aliphatic hydroxyl groups excluding tert-OH is 1. The third-order valence-electron chi connectivity index (χ3n) is 4.90. The molecule has 0 aliphatic carbocycles. The van der Waals surface area contributed by atoms with Crippen LogP contribution in [0.5, 0.6) is 0 Å². The zero-order valence-corrected chi connectivity index (χ0v) is 18.2. The second-order valence-electron chi connectivity index (χ2n) is 6.85. The normalized spacial score (nSPS) is 13.5. The van der Waals surface area contributed by atoms with Crippen LogP contribution in [0.1, 0.15) is 78.0 Å². The maximum atomic E-state index is 9.90. The Morgan fingerprint density at radius 3 is 1.82 bits per heavy atom. The van der Waals surface area contributed by atoms with E-state index in [0.29, 0.717) is 0 Å². The standard InChI is InChI=1S/C6H9N2O.3C4H9.Sn/c1-5(9)6-3-4-8(2)7-6;3*1-3-4-2;/h3,5,9H,1-2H3;3*1,3-4H2,2H3;. The van der Waals surface area contributed by atoms with Crippen LogP contribution < -0.4 is 3.71 Å². The molecule has 1 rings (SSSR count). The molecule has 4 heteroatoms. The molecule has 1 atom stereocenters. The van der Waals surface area contributed by atoms with E-state index in [-0.39, 0.29) is 0 Å². The second kappa shape index (κ2) is 9.96. The fourth-order valence-electron chi connectivity index (χ4n) is 3.49. The summed E-state index contributed by atoms with van der Waals surface area (Å²) in [6.07, 6.45) is 7.50. The third kappa shape index (κ3) is 5.26. The summed E-state index contributed by atoms with van der Waals surface area (Å²) in [6.45, 7) is 8.75. The zero-order valence-electron chi connectivity index (χ0n) is 15.4. The van der Waals surface area contributed by atoms with Crippen molar-refractivity contribution in [3.63, 3.8) is 0 Å². The summed E-state index contributed by atoms with van der Waals surface area (Å²) < 4.78 is 8.01. The molecule has 1 heterocycles. The number of unbranched alkanes of at least 4 members (excludes halogenated alkanes) is 3. The molecule has 1 unspecified atom stereocenters. The first-order valence-corrected chi connectivity index (χ1v) is 16.7. The molecule has 1 aromatic heterocycles. The number of aromatic nitrogens is 2. The van der Waals surface area contributed by atoms with Crippen molar-refractivity contribution in [2.24, 2.45) is 7.05 Å². The zero-order chi connectivity index (χ0) is 16.6. The Morgan fingerprint density at radius 2 is 1.50 bits per heavy atom. The molecule has 0 fully saturated rings.